The summed E-state index contributed by atoms with van der Waals surface area (Å²) in [5.74, 6) is -0.321. The summed E-state index contributed by atoms with van der Waals surface area (Å²) in [4.78, 5) is 25.0. The van der Waals surface area contributed by atoms with Crippen LogP contribution in [0, 0.1) is 13.8 Å². The molecule has 2 aromatic carbocycles. The van der Waals surface area contributed by atoms with E-state index in [4.69, 9.17) is 4.74 Å². The Bertz CT molecular complexity index is 1010. The summed E-state index contributed by atoms with van der Waals surface area (Å²) in [7, 11) is 1.40. The number of hydrogen-bond acceptors (Lipinski definition) is 4. The minimum atomic E-state index is -0.449. The van der Waals surface area contributed by atoms with Crippen LogP contribution in [0.5, 0.6) is 5.75 Å². The van der Waals surface area contributed by atoms with Gasteiger partial charge in [0.1, 0.15) is 0 Å². The van der Waals surface area contributed by atoms with E-state index in [0.717, 1.165) is 11.1 Å². The number of ether oxygens (including phenoxy) is 1. The Hall–Kier alpha value is -3.41. The van der Waals surface area contributed by atoms with Gasteiger partial charge in [0.25, 0.3) is 11.5 Å². The quantitative estimate of drug-likeness (QED) is 0.785. The smallest absolute Gasteiger partial charge is 0.280 e. The molecule has 0 radical (unpaired) electrons. The number of rotatable bonds is 4. The second-order valence-electron chi connectivity index (χ2n) is 5.90. The summed E-state index contributed by atoms with van der Waals surface area (Å²) in [6, 6.07) is 15.8. The molecule has 1 aromatic heterocycles. The van der Waals surface area contributed by atoms with Crippen LogP contribution in [-0.4, -0.2) is 22.8 Å². The van der Waals surface area contributed by atoms with Crippen LogP contribution >= 0.6 is 0 Å². The van der Waals surface area contributed by atoms with Crippen LogP contribution in [0.25, 0.3) is 5.69 Å². The van der Waals surface area contributed by atoms with Gasteiger partial charge in [-0.25, -0.2) is 0 Å². The highest BCUT2D eigenvalue weighted by Crippen LogP contribution is 2.18. The summed E-state index contributed by atoms with van der Waals surface area (Å²) in [6.45, 7) is 3.97. The average Bonchev–Trinajstić information content (AvgIpc) is 2.65. The molecular weight excluding hydrogens is 330 g/mol. The van der Waals surface area contributed by atoms with Crippen molar-refractivity contribution in [2.75, 3.05) is 12.4 Å². The number of nitrogens with one attached hydrogen (secondary N) is 1. The summed E-state index contributed by atoms with van der Waals surface area (Å²) in [6.07, 6.45) is 0. The Kier molecular flexibility index (Phi) is 4.84. The topological polar surface area (TPSA) is 73.2 Å². The number of hydrogen-bond donors (Lipinski definition) is 1. The van der Waals surface area contributed by atoms with E-state index >= 15 is 0 Å². The number of carbonyl (C=O) groups is 1. The van der Waals surface area contributed by atoms with Gasteiger partial charge >= 0.3 is 0 Å². The number of amides is 1. The van der Waals surface area contributed by atoms with Gasteiger partial charge in [0.05, 0.1) is 18.9 Å². The van der Waals surface area contributed by atoms with Crippen molar-refractivity contribution in [1.29, 1.82) is 0 Å². The lowest BCUT2D eigenvalue weighted by atomic mass is 10.1. The maximum Gasteiger partial charge on any atom is 0.280 e. The standard InChI is InChI=1S/C20H19N3O3/c1-13-9-10-15(11-14(13)2)21-20(25)19-17(26-3)12-18(24)23(22-19)16-7-5-4-6-8-16/h4-12H,1-3H3,(H,21,25). The molecule has 3 aromatic rings. The second kappa shape index (κ2) is 7.23. The molecule has 1 heterocycles. The Balaban J connectivity index is 2.01. The van der Waals surface area contributed by atoms with Crippen LogP contribution in [-0.2, 0) is 0 Å². The third-order valence-electron chi connectivity index (χ3n) is 4.10. The predicted octanol–water partition coefficient (Wildman–Crippen LogP) is 3.11. The van der Waals surface area contributed by atoms with E-state index < -0.39 is 5.91 Å². The number of benzene rings is 2. The van der Waals surface area contributed by atoms with Crippen LogP contribution in [0.1, 0.15) is 21.6 Å². The fraction of sp³-hybridized carbons (Fsp3) is 0.150. The maximum atomic E-state index is 12.7. The van der Waals surface area contributed by atoms with Crippen molar-refractivity contribution in [1.82, 2.24) is 9.78 Å². The summed E-state index contributed by atoms with van der Waals surface area (Å²) >= 11 is 0. The highest BCUT2D eigenvalue weighted by atomic mass is 16.5. The minimum absolute atomic E-state index is 0.0363. The first-order valence-electron chi connectivity index (χ1n) is 8.12. The van der Waals surface area contributed by atoms with E-state index in [1.807, 2.05) is 38.1 Å². The lowest BCUT2D eigenvalue weighted by molar-refractivity contribution is 0.101. The summed E-state index contributed by atoms with van der Waals surface area (Å²) in [5.41, 5.74) is 3.08. The van der Waals surface area contributed by atoms with Crippen LogP contribution in [0.2, 0.25) is 0 Å². The van der Waals surface area contributed by atoms with Gasteiger partial charge in [-0.05, 0) is 49.2 Å². The molecule has 0 aliphatic heterocycles. The van der Waals surface area contributed by atoms with E-state index in [2.05, 4.69) is 10.4 Å². The van der Waals surface area contributed by atoms with E-state index in [1.165, 1.54) is 17.9 Å². The average molecular weight is 349 g/mol. The SMILES string of the molecule is COc1cc(=O)n(-c2ccccc2)nc1C(=O)Nc1ccc(C)c(C)c1. The number of methoxy groups -OCH3 is 1. The monoisotopic (exact) mass is 349 g/mol. The number of aryl methyl sites for hydroxylation is 2. The van der Waals surface area contributed by atoms with Gasteiger partial charge in [0.15, 0.2) is 11.4 Å². The lowest BCUT2D eigenvalue weighted by Gasteiger charge is -2.12. The Morgan fingerprint density at radius 2 is 1.77 bits per heavy atom. The van der Waals surface area contributed by atoms with E-state index in [-0.39, 0.29) is 17.0 Å². The molecule has 26 heavy (non-hydrogen) atoms. The van der Waals surface area contributed by atoms with Crippen LogP contribution in [0.4, 0.5) is 5.69 Å². The molecule has 0 aliphatic rings. The Morgan fingerprint density at radius 3 is 2.42 bits per heavy atom. The molecule has 3 rings (SSSR count). The van der Waals surface area contributed by atoms with Gasteiger partial charge in [-0.3, -0.25) is 9.59 Å². The van der Waals surface area contributed by atoms with Gasteiger partial charge in [0, 0.05) is 5.69 Å². The zero-order valence-corrected chi connectivity index (χ0v) is 14.8. The first kappa shape index (κ1) is 17.4. The Labute approximate surface area is 151 Å². The Morgan fingerprint density at radius 1 is 1.04 bits per heavy atom. The van der Waals surface area contributed by atoms with E-state index in [0.29, 0.717) is 11.4 Å². The van der Waals surface area contributed by atoms with Crippen LogP contribution in [0.3, 0.4) is 0 Å². The van der Waals surface area contributed by atoms with Gasteiger partial charge in [0.2, 0.25) is 0 Å². The first-order chi connectivity index (χ1) is 12.5. The second-order valence-corrected chi connectivity index (χ2v) is 5.90. The fourth-order valence-electron chi connectivity index (χ4n) is 2.52. The molecule has 132 valence electrons. The van der Waals surface area contributed by atoms with E-state index in [9.17, 15) is 9.59 Å². The third-order valence-corrected chi connectivity index (χ3v) is 4.10. The molecule has 0 unspecified atom stereocenters. The number of aromatic nitrogens is 2. The highest BCUT2D eigenvalue weighted by Gasteiger charge is 2.18. The van der Waals surface area contributed by atoms with Gasteiger partial charge < -0.3 is 10.1 Å². The largest absolute Gasteiger partial charge is 0.494 e. The molecule has 0 saturated carbocycles. The summed E-state index contributed by atoms with van der Waals surface area (Å²) in [5, 5.41) is 7.02. The van der Waals surface area contributed by atoms with Crippen molar-refractivity contribution in [3.63, 3.8) is 0 Å². The van der Waals surface area contributed by atoms with Gasteiger partial charge in [-0.15, -0.1) is 0 Å². The fourth-order valence-corrected chi connectivity index (χ4v) is 2.52. The zero-order valence-electron chi connectivity index (χ0n) is 14.8. The van der Waals surface area contributed by atoms with Crippen molar-refractivity contribution in [3.05, 3.63) is 81.8 Å². The normalized spacial score (nSPS) is 10.4. The van der Waals surface area contributed by atoms with Crippen molar-refractivity contribution >= 4 is 11.6 Å². The maximum absolute atomic E-state index is 12.7. The zero-order chi connectivity index (χ0) is 18.7. The molecule has 1 amide bonds. The molecular formula is C20H19N3O3. The highest BCUT2D eigenvalue weighted by molar-refractivity contribution is 6.04. The first-order valence-corrected chi connectivity index (χ1v) is 8.12. The molecule has 0 atom stereocenters. The number of para-hydroxylation sites is 1. The molecule has 6 nitrogen and oxygen atoms in total. The molecule has 0 aliphatic carbocycles. The number of anilines is 1. The molecule has 6 heteroatoms. The molecule has 0 bridgehead atoms. The van der Waals surface area contributed by atoms with Crippen molar-refractivity contribution < 1.29 is 9.53 Å². The molecule has 0 fully saturated rings. The van der Waals surface area contributed by atoms with Crippen LogP contribution < -0.4 is 15.6 Å². The van der Waals surface area contributed by atoms with Crippen molar-refractivity contribution in [2.45, 2.75) is 13.8 Å². The lowest BCUT2D eigenvalue weighted by Crippen LogP contribution is -2.26. The summed E-state index contributed by atoms with van der Waals surface area (Å²) < 4.78 is 6.36. The predicted molar refractivity (Wildman–Crippen MR) is 100 cm³/mol. The van der Waals surface area contributed by atoms with Crippen molar-refractivity contribution in [2.24, 2.45) is 0 Å². The van der Waals surface area contributed by atoms with Crippen LogP contribution in [0.15, 0.2) is 59.4 Å². The van der Waals surface area contributed by atoms with Gasteiger partial charge in [-0.1, -0.05) is 24.3 Å². The number of nitrogens with zero attached hydrogens (tertiary/aromatic N) is 2. The van der Waals surface area contributed by atoms with Crippen molar-refractivity contribution in [3.8, 4) is 11.4 Å². The minimum Gasteiger partial charge on any atom is -0.494 e. The molecule has 0 saturated heterocycles. The third kappa shape index (κ3) is 3.49. The number of carbonyl (C=O) groups excluding carboxylic acids is 1. The molecule has 0 spiro atoms. The van der Waals surface area contributed by atoms with Gasteiger partial charge in [-0.2, -0.15) is 9.78 Å². The van der Waals surface area contributed by atoms with E-state index in [1.54, 1.807) is 24.3 Å². The molecule has 1 N–H and O–H groups in total.